The molecule has 20 heavy (non-hydrogen) atoms. The minimum atomic E-state index is -0.230. The van der Waals surface area contributed by atoms with Crippen LogP contribution < -0.4 is 5.32 Å². The SMILES string of the molecule is C=Cc1cc(F)ccc1CNc1c(C)cc(C)cc1C. The van der Waals surface area contributed by atoms with E-state index in [1.807, 2.05) is 0 Å². The second-order valence-corrected chi connectivity index (χ2v) is 5.17. The molecule has 0 aliphatic heterocycles. The maximum Gasteiger partial charge on any atom is 0.123 e. The van der Waals surface area contributed by atoms with E-state index in [9.17, 15) is 4.39 Å². The summed E-state index contributed by atoms with van der Waals surface area (Å²) in [4.78, 5) is 0. The van der Waals surface area contributed by atoms with Crippen LogP contribution in [-0.2, 0) is 6.54 Å². The smallest absolute Gasteiger partial charge is 0.123 e. The van der Waals surface area contributed by atoms with Gasteiger partial charge in [0.2, 0.25) is 0 Å². The minimum Gasteiger partial charge on any atom is -0.381 e. The van der Waals surface area contributed by atoms with Gasteiger partial charge < -0.3 is 5.32 Å². The van der Waals surface area contributed by atoms with Crippen molar-refractivity contribution in [3.63, 3.8) is 0 Å². The second kappa shape index (κ2) is 5.91. The molecule has 0 fully saturated rings. The van der Waals surface area contributed by atoms with Crippen LogP contribution in [0.4, 0.5) is 10.1 Å². The van der Waals surface area contributed by atoms with Crippen molar-refractivity contribution in [1.82, 2.24) is 0 Å². The van der Waals surface area contributed by atoms with E-state index in [2.05, 4.69) is 44.8 Å². The molecule has 0 saturated carbocycles. The molecule has 0 atom stereocenters. The first-order valence-corrected chi connectivity index (χ1v) is 6.74. The zero-order chi connectivity index (χ0) is 14.7. The van der Waals surface area contributed by atoms with Crippen molar-refractivity contribution in [2.75, 3.05) is 5.32 Å². The zero-order valence-corrected chi connectivity index (χ0v) is 12.3. The highest BCUT2D eigenvalue weighted by Gasteiger charge is 2.05. The van der Waals surface area contributed by atoms with Gasteiger partial charge in [-0.25, -0.2) is 4.39 Å². The summed E-state index contributed by atoms with van der Waals surface area (Å²) in [6, 6.07) is 9.12. The van der Waals surface area contributed by atoms with Gasteiger partial charge in [-0.1, -0.05) is 36.4 Å². The Morgan fingerprint density at radius 2 is 1.75 bits per heavy atom. The van der Waals surface area contributed by atoms with Gasteiger partial charge in [0, 0.05) is 12.2 Å². The lowest BCUT2D eigenvalue weighted by Gasteiger charge is -2.15. The summed E-state index contributed by atoms with van der Waals surface area (Å²) in [6.07, 6.45) is 1.69. The summed E-state index contributed by atoms with van der Waals surface area (Å²) in [6.45, 7) is 10.7. The highest BCUT2D eigenvalue weighted by atomic mass is 19.1. The molecule has 0 unspecified atom stereocenters. The molecule has 0 aliphatic carbocycles. The maximum atomic E-state index is 13.2. The van der Waals surface area contributed by atoms with Crippen LogP contribution in [0.5, 0.6) is 0 Å². The number of halogens is 1. The Morgan fingerprint density at radius 1 is 1.10 bits per heavy atom. The number of hydrogen-bond acceptors (Lipinski definition) is 1. The van der Waals surface area contributed by atoms with Crippen LogP contribution in [0.3, 0.4) is 0 Å². The van der Waals surface area contributed by atoms with E-state index in [4.69, 9.17) is 0 Å². The van der Waals surface area contributed by atoms with Gasteiger partial charge in [0.1, 0.15) is 5.82 Å². The molecule has 1 nitrogen and oxygen atoms in total. The van der Waals surface area contributed by atoms with Crippen LogP contribution in [0.15, 0.2) is 36.9 Å². The first-order chi connectivity index (χ1) is 9.51. The van der Waals surface area contributed by atoms with Crippen molar-refractivity contribution in [3.05, 3.63) is 70.5 Å². The van der Waals surface area contributed by atoms with E-state index in [0.717, 1.165) is 16.8 Å². The topological polar surface area (TPSA) is 12.0 Å². The normalized spacial score (nSPS) is 10.4. The highest BCUT2D eigenvalue weighted by Crippen LogP contribution is 2.23. The van der Waals surface area contributed by atoms with Gasteiger partial charge in [0.25, 0.3) is 0 Å². The van der Waals surface area contributed by atoms with Crippen molar-refractivity contribution in [3.8, 4) is 0 Å². The van der Waals surface area contributed by atoms with Crippen LogP contribution in [0.2, 0.25) is 0 Å². The third-order valence-corrected chi connectivity index (χ3v) is 3.46. The predicted molar refractivity (Wildman–Crippen MR) is 84.5 cm³/mol. The van der Waals surface area contributed by atoms with Crippen molar-refractivity contribution >= 4 is 11.8 Å². The molecule has 0 radical (unpaired) electrons. The van der Waals surface area contributed by atoms with Crippen LogP contribution in [0.25, 0.3) is 6.08 Å². The Balaban J connectivity index is 2.23. The minimum absolute atomic E-state index is 0.230. The van der Waals surface area contributed by atoms with E-state index >= 15 is 0 Å². The molecule has 0 aromatic heterocycles. The fraction of sp³-hybridized carbons (Fsp3) is 0.222. The third-order valence-electron chi connectivity index (χ3n) is 3.46. The van der Waals surface area contributed by atoms with Gasteiger partial charge in [-0.05, 0) is 55.2 Å². The van der Waals surface area contributed by atoms with E-state index < -0.39 is 0 Å². The molecule has 0 aliphatic rings. The molecule has 2 heteroatoms. The second-order valence-electron chi connectivity index (χ2n) is 5.17. The molecule has 104 valence electrons. The molecule has 0 heterocycles. The van der Waals surface area contributed by atoms with Crippen LogP contribution in [0.1, 0.15) is 27.8 Å². The van der Waals surface area contributed by atoms with Gasteiger partial charge in [0.05, 0.1) is 0 Å². The van der Waals surface area contributed by atoms with Gasteiger partial charge in [0.15, 0.2) is 0 Å². The highest BCUT2D eigenvalue weighted by molar-refractivity contribution is 5.59. The first-order valence-electron chi connectivity index (χ1n) is 6.74. The lowest BCUT2D eigenvalue weighted by Crippen LogP contribution is -2.05. The molecule has 2 aromatic carbocycles. The molecular formula is C18H20FN. The Kier molecular flexibility index (Phi) is 4.23. The van der Waals surface area contributed by atoms with Crippen molar-refractivity contribution in [2.24, 2.45) is 0 Å². The van der Waals surface area contributed by atoms with E-state index in [1.165, 1.54) is 28.8 Å². The standard InChI is InChI=1S/C18H20FN/c1-5-15-10-17(19)7-6-16(15)11-20-18-13(3)8-12(2)9-14(18)4/h5-10,20H,1,11H2,2-4H3. The summed E-state index contributed by atoms with van der Waals surface area (Å²) in [5.41, 5.74) is 6.74. The largest absolute Gasteiger partial charge is 0.381 e. The lowest BCUT2D eigenvalue weighted by atomic mass is 10.0. The molecular weight excluding hydrogens is 249 g/mol. The summed E-state index contributed by atoms with van der Waals surface area (Å²) in [5.74, 6) is -0.230. The number of rotatable bonds is 4. The number of aryl methyl sites for hydroxylation is 3. The maximum absolute atomic E-state index is 13.2. The summed E-state index contributed by atoms with van der Waals surface area (Å²) in [7, 11) is 0. The molecule has 2 aromatic rings. The molecule has 2 rings (SSSR count). The fourth-order valence-electron chi connectivity index (χ4n) is 2.56. The molecule has 0 saturated heterocycles. The van der Waals surface area contributed by atoms with Gasteiger partial charge in [-0.3, -0.25) is 0 Å². The van der Waals surface area contributed by atoms with Crippen LogP contribution in [0, 0.1) is 26.6 Å². The first kappa shape index (κ1) is 14.3. The number of nitrogens with one attached hydrogen (secondary N) is 1. The number of hydrogen-bond donors (Lipinski definition) is 1. The lowest BCUT2D eigenvalue weighted by molar-refractivity contribution is 0.626. The summed E-state index contributed by atoms with van der Waals surface area (Å²) >= 11 is 0. The predicted octanol–water partition coefficient (Wildman–Crippen LogP) is 5.01. The van der Waals surface area contributed by atoms with Crippen molar-refractivity contribution in [2.45, 2.75) is 27.3 Å². The fourth-order valence-corrected chi connectivity index (χ4v) is 2.56. The number of benzene rings is 2. The average molecular weight is 269 g/mol. The molecule has 0 bridgehead atoms. The van der Waals surface area contributed by atoms with E-state index in [0.29, 0.717) is 6.54 Å². The monoisotopic (exact) mass is 269 g/mol. The summed E-state index contributed by atoms with van der Waals surface area (Å²) < 4.78 is 13.2. The van der Waals surface area contributed by atoms with Crippen molar-refractivity contribution in [1.29, 1.82) is 0 Å². The Morgan fingerprint density at radius 3 is 2.35 bits per heavy atom. The third kappa shape index (κ3) is 3.08. The zero-order valence-electron chi connectivity index (χ0n) is 12.3. The molecule has 1 N–H and O–H groups in total. The average Bonchev–Trinajstić information content (AvgIpc) is 2.38. The van der Waals surface area contributed by atoms with Crippen molar-refractivity contribution < 1.29 is 4.39 Å². The van der Waals surface area contributed by atoms with Gasteiger partial charge in [-0.2, -0.15) is 0 Å². The summed E-state index contributed by atoms with van der Waals surface area (Å²) in [5, 5.41) is 3.45. The molecule has 0 spiro atoms. The molecule has 0 amide bonds. The van der Waals surface area contributed by atoms with E-state index in [-0.39, 0.29) is 5.82 Å². The van der Waals surface area contributed by atoms with E-state index in [1.54, 1.807) is 12.1 Å². The van der Waals surface area contributed by atoms with Crippen LogP contribution in [-0.4, -0.2) is 0 Å². The van der Waals surface area contributed by atoms with Gasteiger partial charge >= 0.3 is 0 Å². The van der Waals surface area contributed by atoms with Crippen LogP contribution >= 0.6 is 0 Å². The quantitative estimate of drug-likeness (QED) is 0.823. The van der Waals surface area contributed by atoms with Gasteiger partial charge in [-0.15, -0.1) is 0 Å². The number of anilines is 1. The Hall–Kier alpha value is -2.09. The Bertz CT molecular complexity index is 621. The Labute approximate surface area is 120 Å².